The van der Waals surface area contributed by atoms with Gasteiger partial charge in [-0.05, 0) is 25.0 Å². The molecule has 3 aliphatic rings. The number of amides is 3. The molecule has 0 bridgehead atoms. The highest BCUT2D eigenvalue weighted by atomic mass is 16.2. The number of piperidine rings is 1. The lowest BCUT2D eigenvalue weighted by Gasteiger charge is -2.33. The molecule has 0 atom stereocenters. The van der Waals surface area contributed by atoms with Crippen LogP contribution in [-0.2, 0) is 14.4 Å². The van der Waals surface area contributed by atoms with Crippen LogP contribution in [0.4, 0.5) is 5.69 Å². The minimum Gasteiger partial charge on any atom is -0.326 e. The number of quaternary nitrogens is 1. The van der Waals surface area contributed by atoms with Crippen LogP contribution >= 0.6 is 0 Å². The predicted octanol–water partition coefficient (Wildman–Crippen LogP) is 1.59. The van der Waals surface area contributed by atoms with Gasteiger partial charge in [-0.25, -0.2) is 4.90 Å². The number of carbonyl (C=O) groups excluding carboxylic acids is 3. The molecule has 0 aromatic heterocycles. The third-order valence-corrected chi connectivity index (χ3v) is 6.79. The van der Waals surface area contributed by atoms with Crippen molar-refractivity contribution in [3.63, 3.8) is 0 Å². The van der Waals surface area contributed by atoms with E-state index in [4.69, 9.17) is 0 Å². The van der Waals surface area contributed by atoms with Crippen molar-refractivity contribution in [2.75, 3.05) is 25.1 Å². The van der Waals surface area contributed by atoms with Gasteiger partial charge in [-0.1, -0.05) is 37.5 Å². The molecule has 4 rings (SSSR count). The van der Waals surface area contributed by atoms with Crippen LogP contribution < -0.4 is 10.2 Å². The van der Waals surface area contributed by atoms with Crippen molar-refractivity contribution >= 4 is 23.4 Å². The first-order chi connectivity index (χ1) is 13.6. The molecule has 3 fully saturated rings. The maximum Gasteiger partial charge on any atom is 0.240 e. The largest absolute Gasteiger partial charge is 0.326 e. The van der Waals surface area contributed by atoms with E-state index < -0.39 is 5.41 Å². The van der Waals surface area contributed by atoms with Crippen LogP contribution in [0.3, 0.4) is 0 Å². The Hall–Kier alpha value is -2.21. The Morgan fingerprint density at radius 2 is 1.75 bits per heavy atom. The number of hydrogen-bond acceptors (Lipinski definition) is 3. The number of hydrogen-bond donors (Lipinski definition) is 2. The molecule has 1 spiro atoms. The van der Waals surface area contributed by atoms with Crippen LogP contribution in [0.25, 0.3) is 0 Å². The summed E-state index contributed by atoms with van der Waals surface area (Å²) < 4.78 is 0. The maximum atomic E-state index is 13.0. The van der Waals surface area contributed by atoms with Gasteiger partial charge in [0.1, 0.15) is 0 Å². The van der Waals surface area contributed by atoms with E-state index in [2.05, 4.69) is 5.32 Å². The number of carbonyl (C=O) groups is 3. The summed E-state index contributed by atoms with van der Waals surface area (Å²) in [6.07, 6.45) is 7.00. The zero-order valence-corrected chi connectivity index (χ0v) is 16.4. The summed E-state index contributed by atoms with van der Waals surface area (Å²) in [6, 6.07) is 9.53. The molecule has 1 saturated carbocycles. The van der Waals surface area contributed by atoms with E-state index in [0.29, 0.717) is 13.1 Å². The Morgan fingerprint density at radius 3 is 2.43 bits per heavy atom. The highest BCUT2D eigenvalue weighted by molar-refractivity contribution is 6.05. The summed E-state index contributed by atoms with van der Waals surface area (Å²) in [6.45, 7) is 2.10. The zero-order chi connectivity index (χ0) is 19.6. The van der Waals surface area contributed by atoms with Crippen molar-refractivity contribution in [3.8, 4) is 0 Å². The van der Waals surface area contributed by atoms with E-state index >= 15 is 0 Å². The summed E-state index contributed by atoms with van der Waals surface area (Å²) in [5, 5.41) is 2.99. The van der Waals surface area contributed by atoms with Crippen LogP contribution in [-0.4, -0.2) is 42.4 Å². The molecule has 6 heteroatoms. The number of anilines is 1. The van der Waals surface area contributed by atoms with E-state index in [0.717, 1.165) is 57.3 Å². The molecule has 0 unspecified atom stereocenters. The van der Waals surface area contributed by atoms with Gasteiger partial charge >= 0.3 is 0 Å². The number of nitrogens with zero attached hydrogens (tertiary/aromatic N) is 1. The Balaban J connectivity index is 1.29. The van der Waals surface area contributed by atoms with E-state index in [9.17, 15) is 14.4 Å². The molecule has 150 valence electrons. The van der Waals surface area contributed by atoms with Crippen LogP contribution in [0.15, 0.2) is 30.3 Å². The molecule has 2 heterocycles. The third kappa shape index (κ3) is 3.83. The topological polar surface area (TPSA) is 70.9 Å². The van der Waals surface area contributed by atoms with Gasteiger partial charge in [0.05, 0.1) is 18.5 Å². The summed E-state index contributed by atoms with van der Waals surface area (Å²) >= 11 is 0. The number of rotatable bonds is 4. The lowest BCUT2D eigenvalue weighted by Crippen LogP contribution is -3.14. The average molecular weight is 385 g/mol. The second kappa shape index (κ2) is 8.03. The third-order valence-electron chi connectivity index (χ3n) is 6.79. The Morgan fingerprint density at radius 1 is 1.07 bits per heavy atom. The van der Waals surface area contributed by atoms with Crippen molar-refractivity contribution in [3.05, 3.63) is 30.3 Å². The minimum atomic E-state index is -0.400. The second-order valence-corrected chi connectivity index (χ2v) is 8.68. The first-order valence-corrected chi connectivity index (χ1v) is 10.6. The number of nitrogens with one attached hydrogen (secondary N) is 2. The molecule has 1 aromatic carbocycles. The molecular weight excluding hydrogens is 354 g/mol. The SMILES string of the molecule is O=C(Nc1ccccc1)C1CC[NH+](CN2C(=O)CC3(CCCCC3)C2=O)CC1. The van der Waals surface area contributed by atoms with Gasteiger partial charge in [-0.3, -0.25) is 14.4 Å². The van der Waals surface area contributed by atoms with Gasteiger partial charge in [0.2, 0.25) is 17.7 Å². The fraction of sp³-hybridized carbons (Fsp3) is 0.591. The maximum absolute atomic E-state index is 13.0. The monoisotopic (exact) mass is 384 g/mol. The minimum absolute atomic E-state index is 0.00127. The lowest BCUT2D eigenvalue weighted by molar-refractivity contribution is -0.913. The highest BCUT2D eigenvalue weighted by Crippen LogP contribution is 2.44. The van der Waals surface area contributed by atoms with Crippen LogP contribution in [0.1, 0.15) is 51.4 Å². The van der Waals surface area contributed by atoms with Crippen molar-refractivity contribution in [1.82, 2.24) is 4.90 Å². The highest BCUT2D eigenvalue weighted by Gasteiger charge is 2.52. The fourth-order valence-electron chi connectivity index (χ4n) is 5.08. The van der Waals surface area contributed by atoms with Gasteiger partial charge in [-0.2, -0.15) is 0 Å². The Bertz CT molecular complexity index is 735. The summed E-state index contributed by atoms with van der Waals surface area (Å²) in [5.74, 6) is 0.135. The van der Waals surface area contributed by atoms with Gasteiger partial charge in [-0.15, -0.1) is 0 Å². The van der Waals surface area contributed by atoms with Crippen molar-refractivity contribution in [2.45, 2.75) is 51.4 Å². The predicted molar refractivity (Wildman–Crippen MR) is 105 cm³/mol. The quantitative estimate of drug-likeness (QED) is 0.775. The number of benzene rings is 1. The number of imide groups is 1. The van der Waals surface area contributed by atoms with E-state index in [1.54, 1.807) is 0 Å². The van der Waals surface area contributed by atoms with Crippen LogP contribution in [0, 0.1) is 11.3 Å². The van der Waals surface area contributed by atoms with Gasteiger partial charge < -0.3 is 10.2 Å². The molecule has 28 heavy (non-hydrogen) atoms. The Labute approximate surface area is 166 Å². The van der Waals surface area contributed by atoms with Crippen molar-refractivity contribution in [1.29, 1.82) is 0 Å². The van der Waals surface area contributed by atoms with Crippen molar-refractivity contribution < 1.29 is 19.3 Å². The van der Waals surface area contributed by atoms with E-state index in [1.165, 1.54) is 16.2 Å². The van der Waals surface area contributed by atoms with Crippen LogP contribution in [0.5, 0.6) is 0 Å². The van der Waals surface area contributed by atoms with Gasteiger partial charge in [0, 0.05) is 30.9 Å². The second-order valence-electron chi connectivity index (χ2n) is 8.68. The number of para-hydroxylation sites is 1. The molecular formula is C22H30N3O3+. The first kappa shape index (κ1) is 19.1. The molecule has 2 N–H and O–H groups in total. The zero-order valence-electron chi connectivity index (χ0n) is 16.4. The van der Waals surface area contributed by atoms with Gasteiger partial charge in [0.15, 0.2) is 6.67 Å². The molecule has 1 aliphatic carbocycles. The number of likely N-dealkylation sites (tertiary alicyclic amines) is 2. The van der Waals surface area contributed by atoms with E-state index in [-0.39, 0.29) is 23.6 Å². The Kier molecular flexibility index (Phi) is 5.49. The normalized spacial score (nSPS) is 27.2. The molecule has 1 aromatic rings. The standard InChI is InChI=1S/C22H29N3O3/c26-19-15-22(11-5-2-6-12-22)21(28)25(19)16-24-13-9-17(10-14-24)20(27)23-18-7-3-1-4-8-18/h1,3-4,7-8,17H,2,5-6,9-16H2,(H,23,27)/p+1. The summed E-state index contributed by atoms with van der Waals surface area (Å²) in [4.78, 5) is 40.7. The lowest BCUT2D eigenvalue weighted by atomic mass is 9.73. The molecule has 2 saturated heterocycles. The fourth-order valence-corrected chi connectivity index (χ4v) is 5.08. The molecule has 2 aliphatic heterocycles. The van der Waals surface area contributed by atoms with E-state index in [1.807, 2.05) is 30.3 Å². The molecule has 6 nitrogen and oxygen atoms in total. The summed E-state index contributed by atoms with van der Waals surface area (Å²) in [5.41, 5.74) is 0.427. The average Bonchev–Trinajstić information content (AvgIpc) is 2.94. The van der Waals surface area contributed by atoms with Crippen molar-refractivity contribution in [2.24, 2.45) is 11.3 Å². The molecule has 3 amide bonds. The summed E-state index contributed by atoms with van der Waals surface area (Å²) in [7, 11) is 0. The first-order valence-electron chi connectivity index (χ1n) is 10.6. The van der Waals surface area contributed by atoms with Gasteiger partial charge in [0.25, 0.3) is 0 Å². The van der Waals surface area contributed by atoms with Crippen LogP contribution in [0.2, 0.25) is 0 Å². The molecule has 0 radical (unpaired) electrons. The smallest absolute Gasteiger partial charge is 0.240 e.